The summed E-state index contributed by atoms with van der Waals surface area (Å²) in [5.74, 6) is 0.290. The number of nitrogen functional groups attached to an aromatic ring is 1. The van der Waals surface area contributed by atoms with E-state index in [4.69, 9.17) is 11.5 Å². The monoisotopic (exact) mass is 288 g/mol. The summed E-state index contributed by atoms with van der Waals surface area (Å²) in [6.45, 7) is 3.21. The molecule has 2 aliphatic heterocycles. The van der Waals surface area contributed by atoms with E-state index in [9.17, 15) is 4.79 Å². The number of amides is 1. The molecule has 2 unspecified atom stereocenters. The number of piperidine rings is 2. The lowest BCUT2D eigenvalue weighted by Crippen LogP contribution is -2.52. The number of hydrogen-bond donors (Lipinski definition) is 2. The number of benzene rings is 1. The molecule has 3 rings (SSSR count). The van der Waals surface area contributed by atoms with Crippen LogP contribution < -0.4 is 16.4 Å². The van der Waals surface area contributed by atoms with Crippen LogP contribution in [0.25, 0.3) is 0 Å². The minimum Gasteiger partial charge on any atom is -0.397 e. The molecule has 2 aliphatic rings. The van der Waals surface area contributed by atoms with Crippen LogP contribution in [0.5, 0.6) is 0 Å². The minimum atomic E-state index is -0.400. The molecule has 2 atom stereocenters. The smallest absolute Gasteiger partial charge is 0.248 e. The number of carbonyl (C=O) groups is 1. The summed E-state index contributed by atoms with van der Waals surface area (Å²) < 4.78 is 0. The van der Waals surface area contributed by atoms with Crippen molar-refractivity contribution < 1.29 is 4.79 Å². The van der Waals surface area contributed by atoms with Gasteiger partial charge >= 0.3 is 0 Å². The van der Waals surface area contributed by atoms with Gasteiger partial charge in [0, 0.05) is 24.7 Å². The molecule has 114 valence electrons. The standard InChI is InChI=1S/C16H24N4O/c1-19-7-2-3-12-10-20(8-6-14(12)19)15-9-11(16(18)21)4-5-13(15)17/h4-5,9,12,14H,2-3,6-8,10,17H2,1H3,(H2,18,21). The highest BCUT2D eigenvalue weighted by molar-refractivity contribution is 5.95. The van der Waals surface area contributed by atoms with Crippen LogP contribution >= 0.6 is 0 Å². The van der Waals surface area contributed by atoms with Crippen molar-refractivity contribution in [2.24, 2.45) is 11.7 Å². The molecule has 2 fully saturated rings. The first-order chi connectivity index (χ1) is 10.1. The second-order valence-electron chi connectivity index (χ2n) is 6.32. The van der Waals surface area contributed by atoms with Gasteiger partial charge in [0.25, 0.3) is 0 Å². The Labute approximate surface area is 125 Å². The SMILES string of the molecule is CN1CCCC2CN(c3cc(C(N)=O)ccc3N)CCC21. The molecule has 1 aromatic carbocycles. The summed E-state index contributed by atoms with van der Waals surface area (Å²) in [6, 6.07) is 6.01. The molecule has 0 aromatic heterocycles. The molecule has 0 radical (unpaired) electrons. The Morgan fingerprint density at radius 3 is 2.86 bits per heavy atom. The zero-order chi connectivity index (χ0) is 15.0. The maximum Gasteiger partial charge on any atom is 0.248 e. The molecule has 0 aliphatic carbocycles. The first-order valence-corrected chi connectivity index (χ1v) is 7.71. The number of rotatable bonds is 2. The Balaban J connectivity index is 1.82. The van der Waals surface area contributed by atoms with E-state index >= 15 is 0 Å². The third-order valence-electron chi connectivity index (χ3n) is 5.00. The molecular weight excluding hydrogens is 264 g/mol. The van der Waals surface area contributed by atoms with Gasteiger partial charge in [-0.05, 0) is 57.0 Å². The predicted molar refractivity (Wildman–Crippen MR) is 85.3 cm³/mol. The number of likely N-dealkylation sites (tertiary alicyclic amines) is 1. The van der Waals surface area contributed by atoms with E-state index in [0.29, 0.717) is 17.5 Å². The zero-order valence-corrected chi connectivity index (χ0v) is 12.6. The maximum absolute atomic E-state index is 11.4. The van der Waals surface area contributed by atoms with Crippen LogP contribution in [-0.2, 0) is 0 Å². The molecule has 0 bridgehead atoms. The minimum absolute atomic E-state index is 0.400. The number of carbonyl (C=O) groups excluding carboxylic acids is 1. The van der Waals surface area contributed by atoms with E-state index in [2.05, 4.69) is 16.8 Å². The molecule has 0 saturated carbocycles. The molecule has 21 heavy (non-hydrogen) atoms. The Morgan fingerprint density at radius 1 is 1.29 bits per heavy atom. The molecule has 5 nitrogen and oxygen atoms in total. The van der Waals surface area contributed by atoms with Crippen LogP contribution in [-0.4, -0.2) is 43.5 Å². The molecule has 0 spiro atoms. The molecule has 2 heterocycles. The van der Waals surface area contributed by atoms with Gasteiger partial charge < -0.3 is 21.3 Å². The largest absolute Gasteiger partial charge is 0.397 e. The van der Waals surface area contributed by atoms with Gasteiger partial charge in [-0.25, -0.2) is 0 Å². The van der Waals surface area contributed by atoms with Crippen molar-refractivity contribution >= 4 is 17.3 Å². The van der Waals surface area contributed by atoms with E-state index in [1.54, 1.807) is 12.1 Å². The van der Waals surface area contributed by atoms with Gasteiger partial charge in [-0.2, -0.15) is 0 Å². The number of primary amides is 1. The topological polar surface area (TPSA) is 75.6 Å². The highest BCUT2D eigenvalue weighted by Gasteiger charge is 2.34. The molecular formula is C16H24N4O. The average Bonchev–Trinajstić information content (AvgIpc) is 2.47. The van der Waals surface area contributed by atoms with Crippen LogP contribution in [0, 0.1) is 5.92 Å². The Hall–Kier alpha value is -1.75. The second-order valence-corrected chi connectivity index (χ2v) is 6.32. The van der Waals surface area contributed by atoms with Crippen molar-refractivity contribution in [2.75, 3.05) is 37.3 Å². The molecule has 1 aromatic rings. The highest BCUT2D eigenvalue weighted by atomic mass is 16.1. The number of fused-ring (bicyclic) bond motifs is 1. The van der Waals surface area contributed by atoms with E-state index in [1.165, 1.54) is 19.4 Å². The van der Waals surface area contributed by atoms with Gasteiger partial charge in [0.15, 0.2) is 0 Å². The van der Waals surface area contributed by atoms with Crippen molar-refractivity contribution in [3.05, 3.63) is 23.8 Å². The lowest BCUT2D eigenvalue weighted by atomic mass is 9.84. The van der Waals surface area contributed by atoms with E-state index < -0.39 is 5.91 Å². The van der Waals surface area contributed by atoms with Crippen LogP contribution in [0.15, 0.2) is 18.2 Å². The quantitative estimate of drug-likeness (QED) is 0.804. The van der Waals surface area contributed by atoms with Crippen molar-refractivity contribution in [1.82, 2.24) is 4.90 Å². The van der Waals surface area contributed by atoms with Crippen LogP contribution in [0.1, 0.15) is 29.6 Å². The summed E-state index contributed by atoms with van der Waals surface area (Å²) in [5, 5.41) is 0. The fraction of sp³-hybridized carbons (Fsp3) is 0.562. The maximum atomic E-state index is 11.4. The predicted octanol–water partition coefficient (Wildman–Crippen LogP) is 1.29. The van der Waals surface area contributed by atoms with Crippen molar-refractivity contribution in [1.29, 1.82) is 0 Å². The van der Waals surface area contributed by atoms with E-state index in [1.807, 2.05) is 6.07 Å². The van der Waals surface area contributed by atoms with Gasteiger partial charge in [0.1, 0.15) is 0 Å². The summed E-state index contributed by atoms with van der Waals surface area (Å²) in [4.78, 5) is 16.2. The van der Waals surface area contributed by atoms with Gasteiger partial charge in [-0.1, -0.05) is 0 Å². The number of nitrogens with zero attached hydrogens (tertiary/aromatic N) is 2. The summed E-state index contributed by atoms with van der Waals surface area (Å²) >= 11 is 0. The molecule has 1 amide bonds. The molecule has 4 N–H and O–H groups in total. The Bertz CT molecular complexity index is 545. The lowest BCUT2D eigenvalue weighted by molar-refractivity contribution is 0.0999. The summed E-state index contributed by atoms with van der Waals surface area (Å²) in [5.41, 5.74) is 13.7. The Kier molecular flexibility index (Phi) is 3.76. The third kappa shape index (κ3) is 2.70. The first-order valence-electron chi connectivity index (χ1n) is 7.71. The van der Waals surface area contributed by atoms with Gasteiger partial charge in [-0.3, -0.25) is 4.79 Å². The van der Waals surface area contributed by atoms with E-state index in [-0.39, 0.29) is 0 Å². The van der Waals surface area contributed by atoms with Crippen molar-refractivity contribution in [3.63, 3.8) is 0 Å². The number of hydrogen-bond acceptors (Lipinski definition) is 4. The number of nitrogens with two attached hydrogens (primary N) is 2. The van der Waals surface area contributed by atoms with E-state index in [0.717, 1.165) is 30.9 Å². The number of anilines is 2. The van der Waals surface area contributed by atoms with Crippen molar-refractivity contribution in [3.8, 4) is 0 Å². The highest BCUT2D eigenvalue weighted by Crippen LogP contribution is 2.34. The summed E-state index contributed by atoms with van der Waals surface area (Å²) in [6.07, 6.45) is 3.70. The fourth-order valence-corrected chi connectivity index (χ4v) is 3.84. The van der Waals surface area contributed by atoms with Gasteiger partial charge in [-0.15, -0.1) is 0 Å². The van der Waals surface area contributed by atoms with Crippen LogP contribution in [0.4, 0.5) is 11.4 Å². The average molecular weight is 288 g/mol. The normalized spacial score (nSPS) is 26.4. The second kappa shape index (κ2) is 5.56. The van der Waals surface area contributed by atoms with Gasteiger partial charge in [0.2, 0.25) is 5.91 Å². The molecule has 5 heteroatoms. The molecule has 2 saturated heterocycles. The van der Waals surface area contributed by atoms with Crippen LogP contribution in [0.3, 0.4) is 0 Å². The first kappa shape index (κ1) is 14.2. The lowest BCUT2D eigenvalue weighted by Gasteiger charge is -2.46. The van der Waals surface area contributed by atoms with Crippen LogP contribution in [0.2, 0.25) is 0 Å². The fourth-order valence-electron chi connectivity index (χ4n) is 3.84. The zero-order valence-electron chi connectivity index (χ0n) is 12.6. The van der Waals surface area contributed by atoms with Gasteiger partial charge in [0.05, 0.1) is 11.4 Å². The summed E-state index contributed by atoms with van der Waals surface area (Å²) in [7, 11) is 2.23. The van der Waals surface area contributed by atoms with Crippen molar-refractivity contribution in [2.45, 2.75) is 25.3 Å². The Morgan fingerprint density at radius 2 is 2.10 bits per heavy atom. The third-order valence-corrected chi connectivity index (χ3v) is 5.00.